The molecule has 0 unspecified atom stereocenters. The molecule has 0 aromatic carbocycles. The normalized spacial score (nSPS) is 20.8. The van der Waals surface area contributed by atoms with Crippen LogP contribution in [0.2, 0.25) is 0 Å². The lowest BCUT2D eigenvalue weighted by Crippen LogP contribution is -2.60. The van der Waals surface area contributed by atoms with Crippen molar-refractivity contribution in [2.75, 3.05) is 24.6 Å². The lowest BCUT2D eigenvalue weighted by molar-refractivity contribution is -0.148. The van der Waals surface area contributed by atoms with Gasteiger partial charge in [0.1, 0.15) is 36.3 Å². The summed E-state index contributed by atoms with van der Waals surface area (Å²) >= 11 is 7.99. The molecule has 2 aliphatic heterocycles. The number of carboxylic acids is 1. The molecule has 6 amide bonds. The molecule has 0 bridgehead atoms. The molecule has 8 atom stereocenters. The number of rotatable bonds is 21. The van der Waals surface area contributed by atoms with Crippen molar-refractivity contribution in [3.8, 4) is 0 Å². The Balaban J connectivity index is 2.24. The number of carbonyl (C=O) groups is 7. The molecule has 2 fully saturated rings. The van der Waals surface area contributed by atoms with Crippen molar-refractivity contribution in [3.05, 3.63) is 0 Å². The number of nitrogens with one attached hydrogen (secondary N) is 4. The molecule has 0 saturated carbocycles. The number of hydrogen-bond donors (Lipinski definition) is 9. The van der Waals surface area contributed by atoms with Crippen LogP contribution in [0.15, 0.2) is 0 Å². The third-order valence-corrected chi connectivity index (χ3v) is 10.0. The van der Waals surface area contributed by atoms with Gasteiger partial charge in [0, 0.05) is 24.6 Å². The van der Waals surface area contributed by atoms with Crippen LogP contribution in [0.1, 0.15) is 91.4 Å². The van der Waals surface area contributed by atoms with E-state index in [4.69, 9.17) is 5.73 Å². The highest BCUT2D eigenvalue weighted by Crippen LogP contribution is 2.26. The molecular formula is C33H57N7O9S2. The van der Waals surface area contributed by atoms with Gasteiger partial charge in [-0.05, 0) is 45.4 Å². The largest absolute Gasteiger partial charge is 0.480 e. The maximum absolute atomic E-state index is 14.1. The van der Waals surface area contributed by atoms with Crippen LogP contribution in [-0.2, 0) is 33.6 Å². The number of unbranched alkanes of at least 4 members (excludes halogenated alkanes) is 3. The SMILES string of the molecule is CCCCC[C@H](NC(=O)[C@@H](NC(=O)[C@@H](N)CS)[C@@H](C)O)C(=O)N1CCC[C@H]1C(=O)N1CCC[C@H]1C(=O)N[C@@H](CCCC)C(=O)N[C@@H](CS)C(=O)O. The molecule has 2 heterocycles. The predicted octanol–water partition coefficient (Wildman–Crippen LogP) is -0.670. The Bertz CT molecular complexity index is 1230. The minimum Gasteiger partial charge on any atom is -0.480 e. The summed E-state index contributed by atoms with van der Waals surface area (Å²) in [7, 11) is 0. The number of aliphatic hydroxyl groups is 1. The molecule has 16 nitrogen and oxygen atoms in total. The Morgan fingerprint density at radius 3 is 1.90 bits per heavy atom. The fourth-order valence-electron chi connectivity index (χ4n) is 6.25. The minimum absolute atomic E-state index is 0.0143. The first-order chi connectivity index (χ1) is 24.2. The van der Waals surface area contributed by atoms with Crippen LogP contribution in [0, 0.1) is 0 Å². The van der Waals surface area contributed by atoms with E-state index < -0.39 is 89.8 Å². The van der Waals surface area contributed by atoms with Gasteiger partial charge >= 0.3 is 5.97 Å². The van der Waals surface area contributed by atoms with Crippen LogP contribution in [0.3, 0.4) is 0 Å². The number of amides is 6. The summed E-state index contributed by atoms with van der Waals surface area (Å²) in [5.74, 6) is -4.92. The molecule has 2 aliphatic rings. The summed E-state index contributed by atoms with van der Waals surface area (Å²) in [5, 5.41) is 29.9. The van der Waals surface area contributed by atoms with Crippen LogP contribution in [0.4, 0.5) is 0 Å². The first-order valence-electron chi connectivity index (χ1n) is 17.9. The monoisotopic (exact) mass is 759 g/mol. The second-order valence-electron chi connectivity index (χ2n) is 13.2. The second-order valence-corrected chi connectivity index (χ2v) is 14.0. The van der Waals surface area contributed by atoms with Gasteiger partial charge in [-0.2, -0.15) is 25.3 Å². The maximum atomic E-state index is 14.1. The number of aliphatic carboxylic acids is 1. The van der Waals surface area contributed by atoms with Gasteiger partial charge in [0.25, 0.3) is 0 Å². The van der Waals surface area contributed by atoms with E-state index in [9.17, 15) is 43.8 Å². The molecule has 0 radical (unpaired) electrons. The summed E-state index contributed by atoms with van der Waals surface area (Å²) < 4.78 is 0. The number of likely N-dealkylation sites (tertiary alicyclic amines) is 2. The van der Waals surface area contributed by atoms with E-state index in [1.807, 2.05) is 13.8 Å². The molecule has 0 aromatic heterocycles. The van der Waals surface area contributed by atoms with Gasteiger partial charge < -0.3 is 47.0 Å². The van der Waals surface area contributed by atoms with Gasteiger partial charge in [0.2, 0.25) is 35.4 Å². The molecule has 0 aromatic rings. The number of thiol groups is 2. The zero-order chi connectivity index (χ0) is 38.2. The second kappa shape index (κ2) is 22.1. The Morgan fingerprint density at radius 2 is 1.33 bits per heavy atom. The van der Waals surface area contributed by atoms with E-state index in [2.05, 4.69) is 46.5 Å². The van der Waals surface area contributed by atoms with Crippen molar-refractivity contribution in [1.82, 2.24) is 31.1 Å². The minimum atomic E-state index is -1.39. The number of nitrogens with zero attached hydrogens (tertiary/aromatic N) is 2. The van der Waals surface area contributed by atoms with Gasteiger partial charge in [-0.15, -0.1) is 0 Å². The molecular weight excluding hydrogens is 703 g/mol. The van der Waals surface area contributed by atoms with Gasteiger partial charge in [0.15, 0.2) is 0 Å². The summed E-state index contributed by atoms with van der Waals surface area (Å²) in [6.45, 7) is 5.76. The number of carboxylic acid groups (broad SMARTS) is 1. The zero-order valence-corrected chi connectivity index (χ0v) is 31.6. The summed E-state index contributed by atoms with van der Waals surface area (Å²) in [6.07, 6.45) is 4.50. The Hall–Kier alpha value is -3.09. The maximum Gasteiger partial charge on any atom is 0.327 e. The van der Waals surface area contributed by atoms with Gasteiger partial charge in [0.05, 0.1) is 12.1 Å². The molecule has 8 N–H and O–H groups in total. The third kappa shape index (κ3) is 12.8. The van der Waals surface area contributed by atoms with Crippen molar-refractivity contribution in [2.45, 2.75) is 140 Å². The number of aliphatic hydroxyl groups excluding tert-OH is 1. The van der Waals surface area contributed by atoms with Crippen molar-refractivity contribution < 1.29 is 43.8 Å². The van der Waals surface area contributed by atoms with Crippen LogP contribution in [-0.4, -0.2) is 134 Å². The lowest BCUT2D eigenvalue weighted by atomic mass is 10.0. The average molecular weight is 760 g/mol. The molecule has 2 rings (SSSR count). The van der Waals surface area contributed by atoms with E-state index in [-0.39, 0.29) is 37.4 Å². The van der Waals surface area contributed by atoms with E-state index in [0.29, 0.717) is 38.5 Å². The standard InChI is InChI=1S/C33H57N7O9S2/c1-4-6-8-12-22(36-30(45)26(19(3)41)38-27(42)20(34)17-50)31(46)40-16-10-14-25(40)32(47)39-15-9-13-24(39)29(44)35-21(11-7-5-2)28(43)37-23(18-51)33(48)49/h19-26,41,50-51H,4-18,34H2,1-3H3,(H,35,44)(H,36,45)(H,37,43)(H,38,42)(H,48,49)/t19-,20+,21+,22+,23+,24+,25+,26+/m1/s1. The van der Waals surface area contributed by atoms with Crippen molar-refractivity contribution in [1.29, 1.82) is 0 Å². The van der Waals surface area contributed by atoms with Gasteiger partial charge in [-0.3, -0.25) is 28.8 Å². The van der Waals surface area contributed by atoms with E-state index in [1.165, 1.54) is 16.7 Å². The third-order valence-electron chi connectivity index (χ3n) is 9.24. The highest BCUT2D eigenvalue weighted by atomic mass is 32.1. The van der Waals surface area contributed by atoms with Crippen LogP contribution < -0.4 is 27.0 Å². The van der Waals surface area contributed by atoms with Crippen LogP contribution in [0.25, 0.3) is 0 Å². The molecule has 2 saturated heterocycles. The smallest absolute Gasteiger partial charge is 0.327 e. The Labute approximate surface area is 310 Å². The first kappa shape index (κ1) is 44.1. The highest BCUT2D eigenvalue weighted by Gasteiger charge is 2.44. The fraction of sp³-hybridized carbons (Fsp3) is 0.788. The predicted molar refractivity (Wildman–Crippen MR) is 196 cm³/mol. The molecule has 290 valence electrons. The van der Waals surface area contributed by atoms with Crippen molar-refractivity contribution in [2.24, 2.45) is 5.73 Å². The van der Waals surface area contributed by atoms with Crippen LogP contribution >= 0.6 is 25.3 Å². The quantitative estimate of drug-likeness (QED) is 0.0528. The first-order valence-corrected chi connectivity index (χ1v) is 19.2. The van der Waals surface area contributed by atoms with E-state index >= 15 is 0 Å². The van der Waals surface area contributed by atoms with Crippen LogP contribution in [0.5, 0.6) is 0 Å². The van der Waals surface area contributed by atoms with E-state index in [1.54, 1.807) is 0 Å². The topological polar surface area (TPSA) is 241 Å². The van der Waals surface area contributed by atoms with Gasteiger partial charge in [-0.25, -0.2) is 4.79 Å². The molecule has 18 heteroatoms. The van der Waals surface area contributed by atoms with Crippen molar-refractivity contribution >= 4 is 66.7 Å². The number of carbonyl (C=O) groups excluding carboxylic acids is 6. The van der Waals surface area contributed by atoms with E-state index in [0.717, 1.165) is 19.3 Å². The summed E-state index contributed by atoms with van der Waals surface area (Å²) in [6, 6.07) is -7.48. The lowest BCUT2D eigenvalue weighted by Gasteiger charge is -2.34. The summed E-state index contributed by atoms with van der Waals surface area (Å²) in [5.41, 5.74) is 5.73. The Morgan fingerprint density at radius 1 is 0.745 bits per heavy atom. The van der Waals surface area contributed by atoms with Gasteiger partial charge in [-0.1, -0.05) is 46.0 Å². The fourth-order valence-corrected chi connectivity index (χ4v) is 6.66. The molecule has 51 heavy (non-hydrogen) atoms. The average Bonchev–Trinajstić information content (AvgIpc) is 3.80. The van der Waals surface area contributed by atoms with Crippen molar-refractivity contribution in [3.63, 3.8) is 0 Å². The number of nitrogens with two attached hydrogens (primary N) is 1. The zero-order valence-electron chi connectivity index (χ0n) is 29.8. The molecule has 0 spiro atoms. The molecule has 0 aliphatic carbocycles. The highest BCUT2D eigenvalue weighted by molar-refractivity contribution is 7.80. The number of hydrogen-bond acceptors (Lipinski definition) is 11. The summed E-state index contributed by atoms with van der Waals surface area (Å²) in [4.78, 5) is 94.8. The Kier molecular flexibility index (Phi) is 19.1.